The molecule has 0 spiro atoms. The highest BCUT2D eigenvalue weighted by atomic mass is 16.5. The second kappa shape index (κ2) is 4.99. The van der Waals surface area contributed by atoms with Crippen LogP contribution >= 0.6 is 0 Å². The van der Waals surface area contributed by atoms with Gasteiger partial charge in [-0.2, -0.15) is 0 Å². The molecule has 2 aromatic rings. The van der Waals surface area contributed by atoms with E-state index >= 15 is 0 Å². The number of hydrogen-bond donors (Lipinski definition) is 1. The van der Waals surface area contributed by atoms with E-state index in [1.165, 1.54) is 5.39 Å². The summed E-state index contributed by atoms with van der Waals surface area (Å²) in [7, 11) is 0. The minimum atomic E-state index is 0.103. The van der Waals surface area contributed by atoms with Crippen molar-refractivity contribution in [2.75, 3.05) is 6.54 Å². The molecule has 0 bridgehead atoms. The van der Waals surface area contributed by atoms with Gasteiger partial charge in [0.25, 0.3) is 0 Å². The van der Waals surface area contributed by atoms with Crippen molar-refractivity contribution in [3.05, 3.63) is 42.5 Å². The van der Waals surface area contributed by atoms with Crippen molar-refractivity contribution < 1.29 is 4.74 Å². The molecule has 0 fully saturated rings. The predicted molar refractivity (Wildman–Crippen MR) is 67.7 cm³/mol. The van der Waals surface area contributed by atoms with Gasteiger partial charge >= 0.3 is 0 Å². The van der Waals surface area contributed by atoms with Gasteiger partial charge in [-0.15, -0.1) is 0 Å². The maximum absolute atomic E-state index is 5.90. The fraction of sp³-hybridized carbons (Fsp3) is 0.286. The normalized spacial score (nSPS) is 12.6. The molecule has 2 rings (SSSR count). The molecule has 2 nitrogen and oxygen atoms in total. The van der Waals surface area contributed by atoms with Gasteiger partial charge in [0.1, 0.15) is 11.9 Å². The third kappa shape index (κ3) is 2.17. The first-order chi connectivity index (χ1) is 7.85. The van der Waals surface area contributed by atoms with Crippen molar-refractivity contribution in [3.8, 4) is 5.75 Å². The summed E-state index contributed by atoms with van der Waals surface area (Å²) in [5.41, 5.74) is 5.65. The second-order valence-electron chi connectivity index (χ2n) is 3.86. The molecule has 0 saturated heterocycles. The van der Waals surface area contributed by atoms with Crippen LogP contribution in [0.15, 0.2) is 42.5 Å². The fourth-order valence-electron chi connectivity index (χ4n) is 1.78. The number of hydrogen-bond acceptors (Lipinski definition) is 2. The van der Waals surface area contributed by atoms with E-state index in [1.54, 1.807) is 0 Å². The molecule has 1 unspecified atom stereocenters. The lowest BCUT2D eigenvalue weighted by atomic mass is 10.1. The lowest BCUT2D eigenvalue weighted by Gasteiger charge is -2.16. The van der Waals surface area contributed by atoms with Gasteiger partial charge in [-0.25, -0.2) is 0 Å². The first-order valence-corrected chi connectivity index (χ1v) is 5.69. The highest BCUT2D eigenvalue weighted by Crippen LogP contribution is 2.26. The Morgan fingerprint density at radius 1 is 1.12 bits per heavy atom. The highest BCUT2D eigenvalue weighted by molar-refractivity contribution is 5.88. The molecule has 1 atom stereocenters. The summed E-state index contributed by atoms with van der Waals surface area (Å²) in [4.78, 5) is 0. The lowest BCUT2D eigenvalue weighted by Crippen LogP contribution is -2.25. The molecule has 2 N–H and O–H groups in total. The van der Waals surface area contributed by atoms with Crippen LogP contribution in [-0.4, -0.2) is 12.6 Å². The molecule has 16 heavy (non-hydrogen) atoms. The van der Waals surface area contributed by atoms with E-state index in [-0.39, 0.29) is 6.10 Å². The molecule has 0 saturated carbocycles. The summed E-state index contributed by atoms with van der Waals surface area (Å²) in [6.45, 7) is 2.64. The Hall–Kier alpha value is -1.54. The Balaban J connectivity index is 2.36. The number of ether oxygens (including phenoxy) is 1. The summed E-state index contributed by atoms with van der Waals surface area (Å²) < 4.78 is 5.90. The number of benzene rings is 2. The SMILES string of the molecule is CCC(CN)Oc1cccc2ccccc12. The van der Waals surface area contributed by atoms with Crippen LogP contribution in [0.25, 0.3) is 10.8 Å². The maximum Gasteiger partial charge on any atom is 0.127 e. The predicted octanol–water partition coefficient (Wildman–Crippen LogP) is 2.96. The number of rotatable bonds is 4. The monoisotopic (exact) mass is 215 g/mol. The molecule has 0 aliphatic rings. The van der Waals surface area contributed by atoms with E-state index in [0.717, 1.165) is 17.6 Å². The van der Waals surface area contributed by atoms with Gasteiger partial charge in [-0.1, -0.05) is 43.3 Å². The molecule has 0 aromatic heterocycles. The van der Waals surface area contributed by atoms with Crippen LogP contribution in [0.2, 0.25) is 0 Å². The molecular weight excluding hydrogens is 198 g/mol. The van der Waals surface area contributed by atoms with E-state index in [4.69, 9.17) is 10.5 Å². The molecule has 2 heteroatoms. The molecule has 0 radical (unpaired) electrons. The summed E-state index contributed by atoms with van der Waals surface area (Å²) in [6, 6.07) is 14.3. The van der Waals surface area contributed by atoms with Gasteiger partial charge in [0, 0.05) is 11.9 Å². The molecule has 0 aliphatic heterocycles. The van der Waals surface area contributed by atoms with Crippen LogP contribution in [0.1, 0.15) is 13.3 Å². The van der Waals surface area contributed by atoms with Gasteiger partial charge in [0.2, 0.25) is 0 Å². The Morgan fingerprint density at radius 3 is 2.62 bits per heavy atom. The average molecular weight is 215 g/mol. The first kappa shape index (κ1) is 11.0. The van der Waals surface area contributed by atoms with Crippen molar-refractivity contribution in [2.24, 2.45) is 5.73 Å². The van der Waals surface area contributed by atoms with Gasteiger partial charge in [0.15, 0.2) is 0 Å². The average Bonchev–Trinajstić information content (AvgIpc) is 2.36. The molecule has 2 aromatic carbocycles. The molecule has 0 amide bonds. The Bertz CT molecular complexity index is 458. The van der Waals surface area contributed by atoms with E-state index < -0.39 is 0 Å². The van der Waals surface area contributed by atoms with Gasteiger partial charge < -0.3 is 10.5 Å². The highest BCUT2D eigenvalue weighted by Gasteiger charge is 2.07. The standard InChI is InChI=1S/C14H17NO/c1-2-12(10-15)16-14-9-5-7-11-6-3-4-8-13(11)14/h3-9,12H,2,10,15H2,1H3. The van der Waals surface area contributed by atoms with Crippen LogP contribution in [0.5, 0.6) is 5.75 Å². The van der Waals surface area contributed by atoms with Crippen LogP contribution in [0.3, 0.4) is 0 Å². The van der Waals surface area contributed by atoms with E-state index in [2.05, 4.69) is 25.1 Å². The van der Waals surface area contributed by atoms with E-state index in [0.29, 0.717) is 6.54 Å². The van der Waals surface area contributed by atoms with Crippen LogP contribution in [0.4, 0.5) is 0 Å². The van der Waals surface area contributed by atoms with Crippen LogP contribution in [-0.2, 0) is 0 Å². The summed E-state index contributed by atoms with van der Waals surface area (Å²) in [5, 5.41) is 2.35. The quantitative estimate of drug-likeness (QED) is 0.851. The fourth-order valence-corrected chi connectivity index (χ4v) is 1.78. The molecule has 0 heterocycles. The minimum Gasteiger partial charge on any atom is -0.488 e. The van der Waals surface area contributed by atoms with Gasteiger partial charge in [-0.3, -0.25) is 0 Å². The second-order valence-corrected chi connectivity index (χ2v) is 3.86. The molecule has 0 aliphatic carbocycles. The van der Waals surface area contributed by atoms with Crippen molar-refractivity contribution in [3.63, 3.8) is 0 Å². The number of nitrogens with two attached hydrogens (primary N) is 1. The zero-order valence-electron chi connectivity index (χ0n) is 9.52. The zero-order valence-corrected chi connectivity index (χ0v) is 9.52. The third-order valence-electron chi connectivity index (χ3n) is 2.76. The summed E-state index contributed by atoms with van der Waals surface area (Å²) in [6.07, 6.45) is 1.03. The van der Waals surface area contributed by atoms with Gasteiger partial charge in [-0.05, 0) is 17.9 Å². The van der Waals surface area contributed by atoms with Crippen LogP contribution in [0, 0.1) is 0 Å². The van der Waals surface area contributed by atoms with Crippen molar-refractivity contribution in [2.45, 2.75) is 19.4 Å². The summed E-state index contributed by atoms with van der Waals surface area (Å²) >= 11 is 0. The van der Waals surface area contributed by atoms with Crippen LogP contribution < -0.4 is 10.5 Å². The van der Waals surface area contributed by atoms with Crippen molar-refractivity contribution in [1.29, 1.82) is 0 Å². The maximum atomic E-state index is 5.90. The zero-order chi connectivity index (χ0) is 11.4. The largest absolute Gasteiger partial charge is 0.488 e. The van der Waals surface area contributed by atoms with Crippen molar-refractivity contribution in [1.82, 2.24) is 0 Å². The van der Waals surface area contributed by atoms with Crippen molar-refractivity contribution >= 4 is 10.8 Å². The minimum absolute atomic E-state index is 0.103. The molecule has 84 valence electrons. The van der Waals surface area contributed by atoms with E-state index in [1.807, 2.05) is 24.3 Å². The Morgan fingerprint density at radius 2 is 1.88 bits per heavy atom. The third-order valence-corrected chi connectivity index (χ3v) is 2.76. The summed E-state index contributed by atoms with van der Waals surface area (Å²) in [5.74, 6) is 0.926. The smallest absolute Gasteiger partial charge is 0.127 e. The van der Waals surface area contributed by atoms with Gasteiger partial charge in [0.05, 0.1) is 0 Å². The lowest BCUT2D eigenvalue weighted by molar-refractivity contribution is 0.208. The topological polar surface area (TPSA) is 35.2 Å². The molecular formula is C14H17NO. The Labute approximate surface area is 96.0 Å². The van der Waals surface area contributed by atoms with E-state index in [9.17, 15) is 0 Å². The Kier molecular flexibility index (Phi) is 3.42. The number of fused-ring (bicyclic) bond motifs is 1. The first-order valence-electron chi connectivity index (χ1n) is 5.69.